The zero-order chi connectivity index (χ0) is 18.0. The van der Waals surface area contributed by atoms with E-state index < -0.39 is 0 Å². The molecule has 0 bridgehead atoms. The molecule has 1 amide bonds. The van der Waals surface area contributed by atoms with Gasteiger partial charge in [-0.2, -0.15) is 0 Å². The van der Waals surface area contributed by atoms with Crippen LogP contribution in [0.4, 0.5) is 0 Å². The van der Waals surface area contributed by atoms with E-state index in [0.29, 0.717) is 17.2 Å². The van der Waals surface area contributed by atoms with Crippen LogP contribution in [-0.4, -0.2) is 22.7 Å². The highest BCUT2D eigenvalue weighted by atomic mass is 32.1. The van der Waals surface area contributed by atoms with Crippen LogP contribution in [0, 0.1) is 13.8 Å². The Labute approximate surface area is 150 Å². The number of phenols is 1. The highest BCUT2D eigenvalue weighted by molar-refractivity contribution is 7.12. The number of thiophene rings is 1. The first-order valence-corrected chi connectivity index (χ1v) is 8.76. The number of hydrogen-bond acceptors (Lipinski definition) is 4. The molecule has 2 heterocycles. The highest BCUT2D eigenvalue weighted by Gasteiger charge is 2.16. The normalized spacial score (nSPS) is 10.7. The second-order valence-electron chi connectivity index (χ2n) is 5.78. The van der Waals surface area contributed by atoms with Gasteiger partial charge in [0, 0.05) is 17.9 Å². The second kappa shape index (κ2) is 7.03. The van der Waals surface area contributed by atoms with E-state index in [1.807, 2.05) is 37.4 Å². The fraction of sp³-hybridized carbons (Fsp3) is 0.211. The van der Waals surface area contributed by atoms with Crippen molar-refractivity contribution in [2.45, 2.75) is 20.4 Å². The number of carbonyl (C=O) groups excluding carboxylic acids is 1. The quantitative estimate of drug-likeness (QED) is 0.731. The molecule has 0 saturated heterocycles. The van der Waals surface area contributed by atoms with Crippen LogP contribution >= 0.6 is 11.3 Å². The van der Waals surface area contributed by atoms with E-state index in [1.165, 1.54) is 18.4 Å². The minimum absolute atomic E-state index is 0.0803. The third-order valence-corrected chi connectivity index (χ3v) is 4.96. The molecule has 0 fully saturated rings. The summed E-state index contributed by atoms with van der Waals surface area (Å²) in [4.78, 5) is 13.3. The molecule has 0 radical (unpaired) electrons. The summed E-state index contributed by atoms with van der Waals surface area (Å²) < 4.78 is 7.17. The number of nitrogens with one attached hydrogen (secondary N) is 1. The Morgan fingerprint density at radius 3 is 2.60 bits per heavy atom. The monoisotopic (exact) mass is 356 g/mol. The van der Waals surface area contributed by atoms with Gasteiger partial charge in [-0.15, -0.1) is 11.3 Å². The van der Waals surface area contributed by atoms with Gasteiger partial charge in [0.25, 0.3) is 5.91 Å². The lowest BCUT2D eigenvalue weighted by Gasteiger charge is -2.11. The van der Waals surface area contributed by atoms with Crippen molar-refractivity contribution in [1.82, 2.24) is 9.88 Å². The Bertz CT molecular complexity index is 892. The molecule has 3 aromatic rings. The van der Waals surface area contributed by atoms with Crippen molar-refractivity contribution in [2.75, 3.05) is 7.11 Å². The number of aryl methyl sites for hydroxylation is 2. The number of methoxy groups -OCH3 is 1. The molecule has 0 aliphatic heterocycles. The van der Waals surface area contributed by atoms with Crippen LogP contribution in [0.25, 0.3) is 5.69 Å². The van der Waals surface area contributed by atoms with Gasteiger partial charge in [0.1, 0.15) is 4.88 Å². The fourth-order valence-electron chi connectivity index (χ4n) is 2.79. The van der Waals surface area contributed by atoms with Gasteiger partial charge in [-0.1, -0.05) is 6.07 Å². The van der Waals surface area contributed by atoms with Crippen LogP contribution in [0.2, 0.25) is 0 Å². The number of benzene rings is 1. The van der Waals surface area contributed by atoms with Crippen molar-refractivity contribution in [3.8, 4) is 17.2 Å². The van der Waals surface area contributed by atoms with Crippen molar-refractivity contribution in [1.29, 1.82) is 0 Å². The van der Waals surface area contributed by atoms with E-state index in [9.17, 15) is 9.90 Å². The van der Waals surface area contributed by atoms with Gasteiger partial charge < -0.3 is 19.7 Å². The number of amides is 1. The molecule has 0 aliphatic carbocycles. The Hall–Kier alpha value is -2.73. The molecule has 2 N–H and O–H groups in total. The minimum atomic E-state index is -0.121. The van der Waals surface area contributed by atoms with Gasteiger partial charge in [-0.05, 0) is 55.1 Å². The first-order chi connectivity index (χ1) is 12.0. The summed E-state index contributed by atoms with van der Waals surface area (Å²) in [5, 5.41) is 14.5. The predicted octanol–water partition coefficient (Wildman–Crippen LogP) is 3.80. The van der Waals surface area contributed by atoms with E-state index in [1.54, 1.807) is 18.2 Å². The molecule has 0 saturated carbocycles. The predicted molar refractivity (Wildman–Crippen MR) is 98.9 cm³/mol. The van der Waals surface area contributed by atoms with E-state index in [2.05, 4.69) is 9.88 Å². The zero-order valence-electron chi connectivity index (χ0n) is 14.4. The van der Waals surface area contributed by atoms with Crippen LogP contribution in [-0.2, 0) is 6.54 Å². The maximum absolute atomic E-state index is 12.6. The summed E-state index contributed by atoms with van der Waals surface area (Å²) >= 11 is 1.42. The number of rotatable bonds is 5. The molecule has 6 heteroatoms. The van der Waals surface area contributed by atoms with E-state index in [-0.39, 0.29) is 11.7 Å². The molecule has 3 rings (SSSR count). The van der Waals surface area contributed by atoms with Crippen molar-refractivity contribution in [3.63, 3.8) is 0 Å². The molecule has 0 atom stereocenters. The van der Waals surface area contributed by atoms with Gasteiger partial charge in [0.05, 0.1) is 12.8 Å². The number of ether oxygens (including phenoxy) is 1. The van der Waals surface area contributed by atoms with E-state index >= 15 is 0 Å². The molecule has 0 unspecified atom stereocenters. The molecule has 130 valence electrons. The lowest BCUT2D eigenvalue weighted by atomic mass is 10.2. The lowest BCUT2D eigenvalue weighted by molar-refractivity contribution is 0.0955. The molecule has 5 nitrogen and oxygen atoms in total. The Morgan fingerprint density at radius 1 is 1.20 bits per heavy atom. The van der Waals surface area contributed by atoms with Crippen LogP contribution in [0.5, 0.6) is 11.5 Å². The number of hydrogen-bond donors (Lipinski definition) is 2. The lowest BCUT2D eigenvalue weighted by Crippen LogP contribution is -2.23. The zero-order valence-corrected chi connectivity index (χ0v) is 15.2. The first-order valence-electron chi connectivity index (χ1n) is 7.88. The largest absolute Gasteiger partial charge is 0.504 e. The van der Waals surface area contributed by atoms with Crippen LogP contribution in [0.1, 0.15) is 26.6 Å². The van der Waals surface area contributed by atoms with Gasteiger partial charge in [-0.3, -0.25) is 4.79 Å². The molecular weight excluding hydrogens is 336 g/mol. The van der Waals surface area contributed by atoms with Gasteiger partial charge in [0.15, 0.2) is 11.5 Å². The maximum Gasteiger partial charge on any atom is 0.263 e. The topological polar surface area (TPSA) is 63.5 Å². The summed E-state index contributed by atoms with van der Waals surface area (Å²) in [6.45, 7) is 4.40. The van der Waals surface area contributed by atoms with Crippen LogP contribution in [0.3, 0.4) is 0 Å². The third-order valence-electron chi connectivity index (χ3n) is 4.06. The standard InChI is InChI=1S/C19H20N2O3S/c1-12-4-5-13(2)21(12)15-8-9-25-18(15)19(23)20-11-14-6-7-16(22)17(10-14)24-3/h4-10,22H,11H2,1-3H3,(H,20,23). The number of aromatic nitrogens is 1. The molecule has 0 spiro atoms. The minimum Gasteiger partial charge on any atom is -0.504 e. The summed E-state index contributed by atoms with van der Waals surface area (Å²) in [6.07, 6.45) is 0. The van der Waals surface area contributed by atoms with Crippen molar-refractivity contribution < 1.29 is 14.6 Å². The number of carbonyl (C=O) groups is 1. The maximum atomic E-state index is 12.6. The molecular formula is C19H20N2O3S. The third kappa shape index (κ3) is 3.39. The summed E-state index contributed by atoms with van der Waals surface area (Å²) in [5.41, 5.74) is 3.93. The van der Waals surface area contributed by atoms with Crippen LogP contribution < -0.4 is 10.1 Å². The van der Waals surface area contributed by atoms with Crippen molar-refractivity contribution in [3.05, 3.63) is 63.6 Å². The Balaban J connectivity index is 1.78. The number of aromatic hydroxyl groups is 1. The van der Waals surface area contributed by atoms with Gasteiger partial charge >= 0.3 is 0 Å². The molecule has 25 heavy (non-hydrogen) atoms. The number of nitrogens with zero attached hydrogens (tertiary/aromatic N) is 1. The Morgan fingerprint density at radius 2 is 1.92 bits per heavy atom. The first kappa shape index (κ1) is 17.1. The van der Waals surface area contributed by atoms with Crippen molar-refractivity contribution in [2.24, 2.45) is 0 Å². The average Bonchev–Trinajstić information content (AvgIpc) is 3.20. The highest BCUT2D eigenvalue weighted by Crippen LogP contribution is 2.27. The Kier molecular flexibility index (Phi) is 4.81. The molecule has 0 aliphatic rings. The SMILES string of the molecule is COc1cc(CNC(=O)c2sccc2-n2c(C)ccc2C)ccc1O. The summed E-state index contributed by atoms with van der Waals surface area (Å²) in [6, 6.07) is 11.1. The van der Waals surface area contributed by atoms with Gasteiger partial charge in [0.2, 0.25) is 0 Å². The second-order valence-corrected chi connectivity index (χ2v) is 6.69. The van der Waals surface area contributed by atoms with Gasteiger partial charge in [-0.25, -0.2) is 0 Å². The van der Waals surface area contributed by atoms with Crippen molar-refractivity contribution >= 4 is 17.2 Å². The fourth-order valence-corrected chi connectivity index (χ4v) is 3.58. The number of phenolic OH excluding ortho intramolecular Hbond substituents is 1. The molecule has 1 aromatic carbocycles. The average molecular weight is 356 g/mol. The summed E-state index contributed by atoms with van der Waals surface area (Å²) in [5.74, 6) is 0.350. The molecule has 2 aromatic heterocycles. The summed E-state index contributed by atoms with van der Waals surface area (Å²) in [7, 11) is 1.50. The van der Waals surface area contributed by atoms with Crippen LogP contribution in [0.15, 0.2) is 41.8 Å². The van der Waals surface area contributed by atoms with E-state index in [4.69, 9.17) is 4.74 Å². The van der Waals surface area contributed by atoms with E-state index in [0.717, 1.165) is 22.6 Å². The smallest absolute Gasteiger partial charge is 0.263 e.